The van der Waals surface area contributed by atoms with Gasteiger partial charge in [0.25, 0.3) is 0 Å². The van der Waals surface area contributed by atoms with Crippen molar-refractivity contribution in [2.75, 3.05) is 0 Å². The SMILES string of the molecule is Fc1cc2cccc(Br)c2s1. The first-order valence-corrected chi connectivity index (χ1v) is 4.72. The Morgan fingerprint density at radius 3 is 2.91 bits per heavy atom. The molecule has 0 unspecified atom stereocenters. The maximum atomic E-state index is 12.7. The van der Waals surface area contributed by atoms with Crippen LogP contribution in [0.4, 0.5) is 4.39 Å². The van der Waals surface area contributed by atoms with Crippen molar-refractivity contribution in [3.8, 4) is 0 Å². The van der Waals surface area contributed by atoms with Gasteiger partial charge in [-0.25, -0.2) is 0 Å². The summed E-state index contributed by atoms with van der Waals surface area (Å²) >= 11 is 4.52. The van der Waals surface area contributed by atoms with Crippen LogP contribution in [-0.2, 0) is 0 Å². The predicted molar refractivity (Wildman–Crippen MR) is 49.5 cm³/mol. The van der Waals surface area contributed by atoms with E-state index in [9.17, 15) is 4.39 Å². The number of thiophene rings is 1. The second-order valence-corrected chi connectivity index (χ2v) is 4.07. The van der Waals surface area contributed by atoms with Crippen LogP contribution in [0.3, 0.4) is 0 Å². The monoisotopic (exact) mass is 230 g/mol. The highest BCUT2D eigenvalue weighted by atomic mass is 79.9. The minimum atomic E-state index is -0.132. The fourth-order valence-corrected chi connectivity index (χ4v) is 2.41. The normalized spacial score (nSPS) is 10.7. The molecule has 0 fully saturated rings. The summed E-state index contributed by atoms with van der Waals surface area (Å²) in [6.07, 6.45) is 0. The van der Waals surface area contributed by atoms with Crippen LogP contribution < -0.4 is 0 Å². The second-order valence-electron chi connectivity index (χ2n) is 2.21. The van der Waals surface area contributed by atoms with E-state index >= 15 is 0 Å². The summed E-state index contributed by atoms with van der Waals surface area (Å²) in [7, 11) is 0. The molecule has 1 aromatic carbocycles. The van der Waals surface area contributed by atoms with E-state index in [1.165, 1.54) is 11.3 Å². The van der Waals surface area contributed by atoms with Crippen molar-refractivity contribution in [3.05, 3.63) is 33.9 Å². The first-order chi connectivity index (χ1) is 5.27. The molecule has 56 valence electrons. The summed E-state index contributed by atoms with van der Waals surface area (Å²) in [5.41, 5.74) is 0. The third-order valence-corrected chi connectivity index (χ3v) is 3.36. The van der Waals surface area contributed by atoms with Gasteiger partial charge in [-0.15, -0.1) is 11.3 Å². The van der Waals surface area contributed by atoms with E-state index in [0.29, 0.717) is 0 Å². The summed E-state index contributed by atoms with van der Waals surface area (Å²) in [6.45, 7) is 0. The van der Waals surface area contributed by atoms with Gasteiger partial charge >= 0.3 is 0 Å². The number of benzene rings is 1. The van der Waals surface area contributed by atoms with Crippen molar-refractivity contribution < 1.29 is 4.39 Å². The minimum Gasteiger partial charge on any atom is -0.195 e. The van der Waals surface area contributed by atoms with Gasteiger partial charge in [0, 0.05) is 4.47 Å². The molecule has 2 rings (SSSR count). The predicted octanol–water partition coefficient (Wildman–Crippen LogP) is 3.80. The van der Waals surface area contributed by atoms with Gasteiger partial charge in [-0.3, -0.25) is 0 Å². The molecule has 0 amide bonds. The second kappa shape index (κ2) is 2.57. The van der Waals surface area contributed by atoms with Gasteiger partial charge in [-0.05, 0) is 33.4 Å². The summed E-state index contributed by atoms with van der Waals surface area (Å²) in [6, 6.07) is 7.27. The molecular formula is C8H4BrFS. The van der Waals surface area contributed by atoms with Crippen LogP contribution in [0.15, 0.2) is 28.7 Å². The molecule has 3 heteroatoms. The first kappa shape index (κ1) is 7.25. The molecular weight excluding hydrogens is 227 g/mol. The molecule has 0 aliphatic rings. The van der Waals surface area contributed by atoms with Crippen LogP contribution in [0, 0.1) is 5.13 Å². The zero-order valence-electron chi connectivity index (χ0n) is 5.47. The first-order valence-electron chi connectivity index (χ1n) is 3.11. The Morgan fingerprint density at radius 1 is 1.36 bits per heavy atom. The zero-order chi connectivity index (χ0) is 7.84. The molecule has 0 spiro atoms. The topological polar surface area (TPSA) is 0 Å². The Bertz CT molecular complexity index is 394. The van der Waals surface area contributed by atoms with E-state index in [-0.39, 0.29) is 5.13 Å². The Balaban J connectivity index is 2.90. The smallest absolute Gasteiger partial charge is 0.177 e. The number of halogens is 2. The van der Waals surface area contributed by atoms with E-state index in [4.69, 9.17) is 0 Å². The van der Waals surface area contributed by atoms with Crippen molar-refractivity contribution in [2.45, 2.75) is 0 Å². The lowest BCUT2D eigenvalue weighted by molar-refractivity contribution is 0.658. The highest BCUT2D eigenvalue weighted by molar-refractivity contribution is 9.10. The van der Waals surface area contributed by atoms with Gasteiger partial charge in [0.1, 0.15) is 0 Å². The molecule has 0 aliphatic carbocycles. The third kappa shape index (κ3) is 1.19. The van der Waals surface area contributed by atoms with Crippen LogP contribution in [0.5, 0.6) is 0 Å². The number of fused-ring (bicyclic) bond motifs is 1. The van der Waals surface area contributed by atoms with Gasteiger partial charge in [0.05, 0.1) is 4.70 Å². The highest BCUT2D eigenvalue weighted by Gasteiger charge is 2.02. The van der Waals surface area contributed by atoms with Gasteiger partial charge < -0.3 is 0 Å². The molecule has 0 saturated carbocycles. The lowest BCUT2D eigenvalue weighted by atomic mass is 10.3. The Kier molecular flexibility index (Phi) is 1.69. The minimum absolute atomic E-state index is 0.132. The Morgan fingerprint density at radius 2 is 2.18 bits per heavy atom. The van der Waals surface area contributed by atoms with Crippen LogP contribution in [0.1, 0.15) is 0 Å². The molecule has 0 nitrogen and oxygen atoms in total. The number of hydrogen-bond acceptors (Lipinski definition) is 1. The standard InChI is InChI=1S/C8H4BrFS/c9-6-3-1-2-5-4-7(10)11-8(5)6/h1-4H. The molecule has 0 radical (unpaired) electrons. The molecule has 11 heavy (non-hydrogen) atoms. The summed E-state index contributed by atoms with van der Waals surface area (Å²) in [4.78, 5) is 0. The molecule has 0 atom stereocenters. The average Bonchev–Trinajstić information content (AvgIpc) is 2.31. The number of hydrogen-bond donors (Lipinski definition) is 0. The Hall–Kier alpha value is -0.410. The summed E-state index contributed by atoms with van der Waals surface area (Å²) in [5, 5.41) is 0.828. The van der Waals surface area contributed by atoms with Crippen LogP contribution in [0.25, 0.3) is 10.1 Å². The lowest BCUT2D eigenvalue weighted by Crippen LogP contribution is -1.62. The van der Waals surface area contributed by atoms with E-state index in [1.54, 1.807) is 6.07 Å². The van der Waals surface area contributed by atoms with Crippen molar-refractivity contribution in [3.63, 3.8) is 0 Å². The molecule has 0 N–H and O–H groups in total. The third-order valence-electron chi connectivity index (χ3n) is 1.47. The van der Waals surface area contributed by atoms with Crippen LogP contribution in [0.2, 0.25) is 0 Å². The largest absolute Gasteiger partial charge is 0.195 e. The zero-order valence-corrected chi connectivity index (χ0v) is 7.88. The quantitative estimate of drug-likeness (QED) is 0.646. The Labute approximate surface area is 75.8 Å². The van der Waals surface area contributed by atoms with Gasteiger partial charge in [0.15, 0.2) is 5.13 Å². The van der Waals surface area contributed by atoms with Crippen molar-refractivity contribution in [2.24, 2.45) is 0 Å². The lowest BCUT2D eigenvalue weighted by Gasteiger charge is -1.89. The van der Waals surface area contributed by atoms with Crippen molar-refractivity contribution >= 4 is 37.4 Å². The average molecular weight is 231 g/mol. The van der Waals surface area contributed by atoms with Gasteiger partial charge in [-0.2, -0.15) is 4.39 Å². The fraction of sp³-hybridized carbons (Fsp3) is 0. The fourth-order valence-electron chi connectivity index (χ4n) is 0.996. The molecule has 1 heterocycles. The van der Waals surface area contributed by atoms with E-state index in [0.717, 1.165) is 14.6 Å². The highest BCUT2D eigenvalue weighted by Crippen LogP contribution is 2.30. The van der Waals surface area contributed by atoms with Gasteiger partial charge in [-0.1, -0.05) is 12.1 Å². The number of rotatable bonds is 0. The van der Waals surface area contributed by atoms with Gasteiger partial charge in [0.2, 0.25) is 0 Å². The van der Waals surface area contributed by atoms with Crippen LogP contribution >= 0.6 is 27.3 Å². The molecule has 2 aromatic rings. The van der Waals surface area contributed by atoms with Crippen molar-refractivity contribution in [1.29, 1.82) is 0 Å². The van der Waals surface area contributed by atoms with Crippen LogP contribution in [-0.4, -0.2) is 0 Å². The molecule has 0 aliphatic heterocycles. The molecule has 1 aromatic heterocycles. The maximum absolute atomic E-state index is 12.7. The van der Waals surface area contributed by atoms with E-state index in [2.05, 4.69) is 15.9 Å². The van der Waals surface area contributed by atoms with E-state index in [1.807, 2.05) is 18.2 Å². The molecule has 0 bridgehead atoms. The van der Waals surface area contributed by atoms with E-state index < -0.39 is 0 Å². The summed E-state index contributed by atoms with van der Waals surface area (Å²) < 4.78 is 14.6. The summed E-state index contributed by atoms with van der Waals surface area (Å²) in [5.74, 6) is 0. The molecule has 0 saturated heterocycles. The maximum Gasteiger partial charge on any atom is 0.177 e. The van der Waals surface area contributed by atoms with Crippen molar-refractivity contribution in [1.82, 2.24) is 0 Å².